The minimum atomic E-state index is -0.0341. The number of rotatable bonds is 12. The molecule has 30 heavy (non-hydrogen) atoms. The molecule has 0 aromatic rings. The maximum absolute atomic E-state index is 13.2. The Balaban J connectivity index is 1.77. The second kappa shape index (κ2) is 11.5. The van der Waals surface area contributed by atoms with Gasteiger partial charge in [-0.1, -0.05) is 64.7 Å². The molecule has 0 bridgehead atoms. The van der Waals surface area contributed by atoms with E-state index in [-0.39, 0.29) is 35.4 Å². The first kappa shape index (κ1) is 25.1. The van der Waals surface area contributed by atoms with E-state index in [0.717, 1.165) is 37.7 Å². The Hall–Kier alpha value is -1.16. The highest BCUT2D eigenvalue weighted by Gasteiger charge is 2.42. The number of amides is 1. The van der Waals surface area contributed by atoms with Crippen molar-refractivity contribution >= 4 is 11.7 Å². The molecule has 1 fully saturated rings. The molecule has 0 spiro atoms. The van der Waals surface area contributed by atoms with E-state index in [1.54, 1.807) is 6.08 Å². The zero-order valence-corrected chi connectivity index (χ0v) is 20.3. The lowest BCUT2D eigenvalue weighted by Gasteiger charge is -2.50. The molecule has 0 aromatic heterocycles. The molecular weight excluding hydrogens is 372 g/mol. The topological polar surface area (TPSA) is 49.4 Å². The standard InChI is InChI=1S/C26H46N2O2/c1-6-7-8-9-10-11-12-13-14-15-16-21-17-23(29)20-28(24(21)30)22-18-25(2,3)27-26(4,5)19-22/h17,22,27H,6-16,18-20H2,1-5H3. The van der Waals surface area contributed by atoms with E-state index in [1.807, 2.05) is 4.90 Å². The first-order valence-electron chi connectivity index (χ1n) is 12.5. The predicted molar refractivity (Wildman–Crippen MR) is 126 cm³/mol. The van der Waals surface area contributed by atoms with Gasteiger partial charge >= 0.3 is 0 Å². The van der Waals surface area contributed by atoms with Crippen LogP contribution in [-0.2, 0) is 9.59 Å². The summed E-state index contributed by atoms with van der Waals surface area (Å²) in [6.45, 7) is 11.3. The van der Waals surface area contributed by atoms with Crippen molar-refractivity contribution in [2.24, 2.45) is 0 Å². The van der Waals surface area contributed by atoms with Crippen LogP contribution in [0.1, 0.15) is 118 Å². The van der Waals surface area contributed by atoms with Crippen LogP contribution in [0.15, 0.2) is 11.6 Å². The highest BCUT2D eigenvalue weighted by atomic mass is 16.2. The van der Waals surface area contributed by atoms with E-state index >= 15 is 0 Å². The fourth-order valence-electron chi connectivity index (χ4n) is 5.49. The van der Waals surface area contributed by atoms with Crippen LogP contribution < -0.4 is 5.32 Å². The number of hydrogen-bond donors (Lipinski definition) is 1. The average molecular weight is 419 g/mol. The maximum atomic E-state index is 13.2. The molecule has 2 aliphatic heterocycles. The van der Waals surface area contributed by atoms with Crippen LogP contribution in [0.5, 0.6) is 0 Å². The quantitative estimate of drug-likeness (QED) is 0.399. The van der Waals surface area contributed by atoms with Crippen molar-refractivity contribution in [3.8, 4) is 0 Å². The van der Waals surface area contributed by atoms with Crippen molar-refractivity contribution < 1.29 is 9.59 Å². The summed E-state index contributed by atoms with van der Waals surface area (Å²) in [6, 6.07) is 0.129. The van der Waals surface area contributed by atoms with Crippen LogP contribution in [0, 0.1) is 0 Å². The first-order valence-corrected chi connectivity index (χ1v) is 12.5. The Kier molecular flexibility index (Phi) is 9.59. The van der Waals surface area contributed by atoms with Gasteiger partial charge in [0, 0.05) is 22.7 Å². The molecule has 0 atom stereocenters. The molecule has 0 saturated carbocycles. The van der Waals surface area contributed by atoms with E-state index in [1.165, 1.54) is 51.4 Å². The number of ketones is 1. The minimum Gasteiger partial charge on any atom is -0.328 e. The Morgan fingerprint density at radius 3 is 1.90 bits per heavy atom. The smallest absolute Gasteiger partial charge is 0.250 e. The number of piperidine rings is 1. The summed E-state index contributed by atoms with van der Waals surface area (Å²) < 4.78 is 0. The first-order chi connectivity index (χ1) is 14.1. The Labute approximate surface area is 185 Å². The van der Waals surface area contributed by atoms with Gasteiger partial charge in [-0.2, -0.15) is 0 Å². The highest BCUT2D eigenvalue weighted by molar-refractivity contribution is 6.07. The lowest BCUT2D eigenvalue weighted by Crippen LogP contribution is -2.63. The van der Waals surface area contributed by atoms with Gasteiger partial charge in [0.25, 0.3) is 5.91 Å². The number of carbonyl (C=O) groups is 2. The Morgan fingerprint density at radius 2 is 1.37 bits per heavy atom. The van der Waals surface area contributed by atoms with Gasteiger partial charge in [-0.3, -0.25) is 9.59 Å². The molecular formula is C26H46N2O2. The number of nitrogens with zero attached hydrogens (tertiary/aromatic N) is 1. The SMILES string of the molecule is CCCCCCCCCCCCC1=CC(=O)CN(C2CC(C)(C)NC(C)(C)C2)C1=O. The monoisotopic (exact) mass is 418 g/mol. The summed E-state index contributed by atoms with van der Waals surface area (Å²) in [5.41, 5.74) is 0.668. The molecule has 0 aliphatic carbocycles. The summed E-state index contributed by atoms with van der Waals surface area (Å²) in [5.74, 6) is 0.190. The van der Waals surface area contributed by atoms with Gasteiger partial charge in [0.2, 0.25) is 0 Å². The van der Waals surface area contributed by atoms with Crippen molar-refractivity contribution in [1.29, 1.82) is 0 Å². The van der Waals surface area contributed by atoms with Crippen LogP contribution in [0.4, 0.5) is 0 Å². The van der Waals surface area contributed by atoms with Gasteiger partial charge in [-0.05, 0) is 59.5 Å². The second-order valence-electron chi connectivity index (χ2n) is 11.0. The number of hydrogen-bond acceptors (Lipinski definition) is 3. The third-order valence-electron chi connectivity index (χ3n) is 6.61. The van der Waals surface area contributed by atoms with Gasteiger partial charge in [0.15, 0.2) is 5.78 Å². The highest BCUT2D eigenvalue weighted by Crippen LogP contribution is 2.33. The third kappa shape index (κ3) is 8.17. The summed E-state index contributed by atoms with van der Waals surface area (Å²) in [5, 5.41) is 3.67. The normalized spacial score (nSPS) is 21.8. The minimum absolute atomic E-state index is 0.0341. The fourth-order valence-corrected chi connectivity index (χ4v) is 5.49. The van der Waals surface area contributed by atoms with Crippen LogP contribution in [0.25, 0.3) is 0 Å². The van der Waals surface area contributed by atoms with Crippen molar-refractivity contribution in [2.45, 2.75) is 135 Å². The average Bonchev–Trinajstić information content (AvgIpc) is 2.63. The van der Waals surface area contributed by atoms with E-state index in [2.05, 4.69) is 39.9 Å². The second-order valence-corrected chi connectivity index (χ2v) is 11.0. The molecule has 4 nitrogen and oxygen atoms in total. The Bertz CT molecular complexity index is 590. The lowest BCUT2D eigenvalue weighted by molar-refractivity contribution is -0.136. The lowest BCUT2D eigenvalue weighted by atomic mass is 9.78. The van der Waals surface area contributed by atoms with Crippen LogP contribution in [-0.4, -0.2) is 40.3 Å². The van der Waals surface area contributed by atoms with Gasteiger partial charge < -0.3 is 10.2 Å². The summed E-state index contributed by atoms with van der Waals surface area (Å²) in [7, 11) is 0. The molecule has 1 amide bonds. The van der Waals surface area contributed by atoms with Crippen molar-refractivity contribution in [3.05, 3.63) is 11.6 Å². The summed E-state index contributed by atoms with van der Waals surface area (Å²) >= 11 is 0. The fraction of sp³-hybridized carbons (Fsp3) is 0.846. The summed E-state index contributed by atoms with van der Waals surface area (Å²) in [4.78, 5) is 27.4. The van der Waals surface area contributed by atoms with Crippen LogP contribution in [0.2, 0.25) is 0 Å². The molecule has 0 aromatic carbocycles. The molecule has 1 saturated heterocycles. The van der Waals surface area contributed by atoms with Crippen LogP contribution >= 0.6 is 0 Å². The van der Waals surface area contributed by atoms with Gasteiger partial charge in [-0.15, -0.1) is 0 Å². The van der Waals surface area contributed by atoms with E-state index in [4.69, 9.17) is 0 Å². The van der Waals surface area contributed by atoms with Crippen molar-refractivity contribution in [1.82, 2.24) is 10.2 Å². The van der Waals surface area contributed by atoms with Gasteiger partial charge in [-0.25, -0.2) is 0 Å². The largest absolute Gasteiger partial charge is 0.328 e. The molecule has 1 N–H and O–H groups in total. The van der Waals surface area contributed by atoms with Crippen LogP contribution in [0.3, 0.4) is 0 Å². The maximum Gasteiger partial charge on any atom is 0.250 e. The van der Waals surface area contributed by atoms with Crippen molar-refractivity contribution in [2.75, 3.05) is 6.54 Å². The third-order valence-corrected chi connectivity index (χ3v) is 6.61. The Morgan fingerprint density at radius 1 is 0.867 bits per heavy atom. The van der Waals surface area contributed by atoms with Crippen molar-refractivity contribution in [3.63, 3.8) is 0 Å². The predicted octanol–water partition coefficient (Wildman–Crippen LogP) is 5.94. The molecule has 172 valence electrons. The number of nitrogens with one attached hydrogen (secondary N) is 1. The molecule has 2 heterocycles. The summed E-state index contributed by atoms with van der Waals surface area (Å²) in [6.07, 6.45) is 17.0. The molecule has 4 heteroatoms. The van der Waals surface area contributed by atoms with E-state index < -0.39 is 0 Å². The zero-order chi connectivity index (χ0) is 22.2. The number of carbonyl (C=O) groups excluding carboxylic acids is 2. The zero-order valence-electron chi connectivity index (χ0n) is 20.3. The van der Waals surface area contributed by atoms with E-state index in [0.29, 0.717) is 0 Å². The molecule has 0 radical (unpaired) electrons. The molecule has 0 unspecified atom stereocenters. The molecule has 2 aliphatic rings. The van der Waals surface area contributed by atoms with Gasteiger partial charge in [0.1, 0.15) is 0 Å². The van der Waals surface area contributed by atoms with E-state index in [9.17, 15) is 9.59 Å². The van der Waals surface area contributed by atoms with Gasteiger partial charge in [0.05, 0.1) is 6.54 Å². The molecule has 2 rings (SSSR count). The number of unbranched alkanes of at least 4 members (excludes halogenated alkanes) is 9.